The zero-order valence-electron chi connectivity index (χ0n) is 44.3. The number of β-amino-alcohol motifs (C(OH)–C–C–N with tert-alkyl or cyclic N) is 1. The zero-order valence-corrected chi connectivity index (χ0v) is 45.1. The van der Waals surface area contributed by atoms with Crippen LogP contribution >= 0.6 is 11.3 Å². The van der Waals surface area contributed by atoms with Gasteiger partial charge in [-0.2, -0.15) is 10.2 Å². The lowest BCUT2D eigenvalue weighted by atomic mass is 9.85. The molecule has 3 atom stereocenters. The fourth-order valence-electron chi connectivity index (χ4n) is 11.2. The van der Waals surface area contributed by atoms with Crippen LogP contribution in [0.1, 0.15) is 118 Å². The van der Waals surface area contributed by atoms with Crippen LogP contribution in [0.2, 0.25) is 0 Å². The number of likely N-dealkylation sites (tertiary alicyclic amines) is 2. The van der Waals surface area contributed by atoms with Gasteiger partial charge >= 0.3 is 6.03 Å². The number of hydrogen-bond donors (Lipinski definition) is 4. The second-order valence-corrected chi connectivity index (χ2v) is 22.6. The monoisotopic (exact) mass is 1060 g/mol. The molecule has 0 saturated carbocycles. The van der Waals surface area contributed by atoms with Crippen LogP contribution in [0.4, 0.5) is 25.1 Å². The van der Waals surface area contributed by atoms with Crippen LogP contribution < -0.4 is 20.9 Å². The Morgan fingerprint density at radius 2 is 1.70 bits per heavy atom. The molecular formula is C55H70F2N12O6S. The highest BCUT2D eigenvalue weighted by molar-refractivity contribution is 7.13. The van der Waals surface area contributed by atoms with Crippen molar-refractivity contribution < 1.29 is 37.9 Å². The van der Waals surface area contributed by atoms with E-state index >= 15 is 0 Å². The number of nitrogens with one attached hydrogen (secondary N) is 3. The molecule has 76 heavy (non-hydrogen) atoms. The van der Waals surface area contributed by atoms with E-state index < -0.39 is 35.9 Å². The molecule has 3 aromatic heterocycles. The van der Waals surface area contributed by atoms with Crippen molar-refractivity contribution in [3.63, 3.8) is 0 Å². The highest BCUT2D eigenvalue weighted by atomic mass is 32.1. The Kier molecular flexibility index (Phi) is 16.3. The molecule has 18 nitrogen and oxygen atoms in total. The van der Waals surface area contributed by atoms with Crippen LogP contribution in [0.5, 0.6) is 0 Å². The second kappa shape index (κ2) is 22.8. The number of aliphatic hydroxyl groups excluding tert-OH is 1. The van der Waals surface area contributed by atoms with E-state index in [2.05, 4.69) is 30.7 Å². The SMILES string of the molecule is CNC(=O)N1CCc2c(c(N3CCCc4cc(-c5cnn(C)c5)c(C(F)F)cc43)nn2C2CCN(C(=O)CCCCC(=O)N[C@H](C(=O)N3C[C@H](O)C[C@H]3C(=O)NCc3ccc(-c4scnc4C)cc3)C(C)(C)C)CC2)C1. The number of aromatic nitrogens is 5. The molecule has 0 unspecified atom stereocenters. The minimum Gasteiger partial charge on any atom is -0.391 e. The summed E-state index contributed by atoms with van der Waals surface area (Å²) in [5, 5.41) is 28.8. The Labute approximate surface area is 446 Å². The summed E-state index contributed by atoms with van der Waals surface area (Å²) < 4.78 is 33.3. The number of hydrogen-bond acceptors (Lipinski definition) is 11. The van der Waals surface area contributed by atoms with E-state index in [-0.39, 0.29) is 67.7 Å². The van der Waals surface area contributed by atoms with Crippen LogP contribution in [0.3, 0.4) is 0 Å². The zero-order chi connectivity index (χ0) is 54.0. The van der Waals surface area contributed by atoms with Crippen LogP contribution in [0.15, 0.2) is 54.3 Å². The van der Waals surface area contributed by atoms with Crippen molar-refractivity contribution in [2.45, 2.75) is 136 Å². The second-order valence-electron chi connectivity index (χ2n) is 21.7. The molecule has 4 N–H and O–H groups in total. The molecular weight excluding hydrogens is 995 g/mol. The average molecular weight is 1070 g/mol. The fraction of sp³-hybridized carbons (Fsp3) is 0.527. The highest BCUT2D eigenvalue weighted by Crippen LogP contribution is 2.44. The first-order chi connectivity index (χ1) is 36.4. The molecule has 2 saturated heterocycles. The van der Waals surface area contributed by atoms with Gasteiger partial charge < -0.3 is 40.7 Å². The molecule has 21 heteroatoms. The number of fused-ring (bicyclic) bond motifs is 2. The number of anilines is 2. The van der Waals surface area contributed by atoms with Crippen molar-refractivity contribution in [1.29, 1.82) is 0 Å². The van der Waals surface area contributed by atoms with Gasteiger partial charge in [0.1, 0.15) is 12.1 Å². The maximum Gasteiger partial charge on any atom is 0.317 e. The summed E-state index contributed by atoms with van der Waals surface area (Å²) in [6.07, 6.45) is 4.47. The number of unbranched alkanes of at least 4 members (excludes halogenated alkanes) is 1. The first-order valence-corrected chi connectivity index (χ1v) is 27.4. The number of rotatable bonds is 15. The summed E-state index contributed by atoms with van der Waals surface area (Å²) in [6, 6.07) is 9.23. The van der Waals surface area contributed by atoms with E-state index in [1.165, 1.54) is 4.90 Å². The van der Waals surface area contributed by atoms with Gasteiger partial charge in [0, 0.05) is 113 Å². The molecule has 0 radical (unpaired) electrons. The van der Waals surface area contributed by atoms with Crippen molar-refractivity contribution >= 4 is 52.5 Å². The largest absolute Gasteiger partial charge is 0.391 e. The molecule has 5 aromatic rings. The molecule has 0 spiro atoms. The minimum absolute atomic E-state index is 0.00337. The molecule has 0 aliphatic carbocycles. The van der Waals surface area contributed by atoms with Crippen molar-refractivity contribution in [2.24, 2.45) is 12.5 Å². The Hall–Kier alpha value is -6.74. The lowest BCUT2D eigenvalue weighted by molar-refractivity contribution is -0.144. The fourth-order valence-corrected chi connectivity index (χ4v) is 12.0. The summed E-state index contributed by atoms with van der Waals surface area (Å²) in [7, 11) is 3.36. The van der Waals surface area contributed by atoms with Crippen LogP contribution in [-0.2, 0) is 52.2 Å². The first-order valence-electron chi connectivity index (χ1n) is 26.5. The molecule has 2 aromatic carbocycles. The molecule has 6 amide bonds. The molecule has 7 heterocycles. The van der Waals surface area contributed by atoms with Gasteiger partial charge in [-0.1, -0.05) is 45.0 Å². The maximum absolute atomic E-state index is 14.8. The molecule has 9 rings (SSSR count). The third kappa shape index (κ3) is 11.6. The van der Waals surface area contributed by atoms with Gasteiger partial charge in [-0.3, -0.25) is 28.5 Å². The van der Waals surface area contributed by atoms with E-state index in [9.17, 15) is 37.9 Å². The summed E-state index contributed by atoms with van der Waals surface area (Å²) in [4.78, 5) is 80.2. The number of piperidine rings is 1. The number of benzene rings is 2. The van der Waals surface area contributed by atoms with E-state index in [0.29, 0.717) is 87.5 Å². The van der Waals surface area contributed by atoms with Gasteiger partial charge in [0.25, 0.3) is 6.43 Å². The Balaban J connectivity index is 0.787. The molecule has 4 aliphatic rings. The van der Waals surface area contributed by atoms with E-state index in [0.717, 1.165) is 51.4 Å². The first kappa shape index (κ1) is 54.1. The third-order valence-corrected chi connectivity index (χ3v) is 16.3. The normalized spacial score (nSPS) is 18.4. The number of carbonyl (C=O) groups excluding carboxylic acids is 5. The number of aryl methyl sites for hydroxylation is 3. The summed E-state index contributed by atoms with van der Waals surface area (Å²) in [5.74, 6) is -0.490. The van der Waals surface area contributed by atoms with Crippen LogP contribution in [0.25, 0.3) is 21.6 Å². The smallest absolute Gasteiger partial charge is 0.317 e. The molecule has 4 aliphatic heterocycles. The van der Waals surface area contributed by atoms with Crippen molar-refractivity contribution in [2.75, 3.05) is 44.7 Å². The van der Waals surface area contributed by atoms with Gasteiger partial charge in [-0.05, 0) is 85.3 Å². The number of urea groups is 1. The molecule has 2 fully saturated rings. The Bertz CT molecular complexity index is 2940. The summed E-state index contributed by atoms with van der Waals surface area (Å²) in [5.41, 5.74) is 8.54. The minimum atomic E-state index is -2.72. The van der Waals surface area contributed by atoms with E-state index in [4.69, 9.17) is 5.10 Å². The van der Waals surface area contributed by atoms with Gasteiger partial charge in [0.05, 0.1) is 41.0 Å². The predicted molar refractivity (Wildman–Crippen MR) is 285 cm³/mol. The van der Waals surface area contributed by atoms with Gasteiger partial charge in [-0.25, -0.2) is 18.6 Å². The number of amides is 6. The van der Waals surface area contributed by atoms with Crippen molar-refractivity contribution in [1.82, 2.24) is 55.2 Å². The summed E-state index contributed by atoms with van der Waals surface area (Å²) in [6.45, 7) is 10.1. The lowest BCUT2D eigenvalue weighted by Gasteiger charge is -2.35. The van der Waals surface area contributed by atoms with Gasteiger partial charge in [0.2, 0.25) is 23.6 Å². The quantitative estimate of drug-likeness (QED) is 0.0794. The van der Waals surface area contributed by atoms with Crippen LogP contribution in [0, 0.1) is 12.3 Å². The predicted octanol–water partition coefficient (Wildman–Crippen LogP) is 6.97. The van der Waals surface area contributed by atoms with E-state index in [1.807, 2.05) is 73.3 Å². The van der Waals surface area contributed by atoms with Crippen molar-refractivity contribution in [3.8, 4) is 21.6 Å². The number of aliphatic hydroxyl groups is 1. The molecule has 0 bridgehead atoms. The number of alkyl halides is 2. The number of thiazole rings is 1. The van der Waals surface area contributed by atoms with Gasteiger partial charge in [0.15, 0.2) is 5.82 Å². The topological polar surface area (TPSA) is 203 Å². The van der Waals surface area contributed by atoms with Crippen molar-refractivity contribution in [3.05, 3.63) is 87.9 Å². The number of halogens is 2. The number of carbonyl (C=O) groups is 5. The highest BCUT2D eigenvalue weighted by Gasteiger charge is 2.45. The number of nitrogens with zero attached hydrogens (tertiary/aromatic N) is 9. The van der Waals surface area contributed by atoms with Gasteiger partial charge in [-0.15, -0.1) is 11.3 Å². The standard InChI is InChI=1S/C55H70F2N12O6S/c1-33-48(76-32-60-33)35-15-13-34(14-16-35)27-59-52(73)45-25-39(70)30-68(45)53(74)49(55(2,3)4)62-46(71)11-7-8-12-47(72)65-21-17-38(18-22-65)69-43-19-23-66(54(75)58-5)31-42(43)51(63-69)67-20-9-10-36-24-40(37-28-61-64(6)29-37)41(50(56)57)26-44(36)67/h13-16,24,26,28-29,32,38-39,45,49-50,70H,7-12,17-23,25,27,30-31H2,1-6H3,(H,58,75)(H,59,73)(H,62,71)/t39-,45+,49-/m1/s1. The summed E-state index contributed by atoms with van der Waals surface area (Å²) >= 11 is 1.57. The Morgan fingerprint density at radius 3 is 2.37 bits per heavy atom. The third-order valence-electron chi connectivity index (χ3n) is 15.4. The van der Waals surface area contributed by atoms with E-state index in [1.54, 1.807) is 53.5 Å². The Morgan fingerprint density at radius 1 is 0.947 bits per heavy atom. The molecule has 406 valence electrons. The van der Waals surface area contributed by atoms with Crippen LogP contribution in [-0.4, -0.2) is 132 Å². The average Bonchev–Trinajstić information content (AvgIpc) is 4.29. The maximum atomic E-state index is 14.8. The lowest BCUT2D eigenvalue weighted by Crippen LogP contribution is -2.57.